The summed E-state index contributed by atoms with van der Waals surface area (Å²) in [5.74, 6) is 0.597. The van der Waals surface area contributed by atoms with Gasteiger partial charge >= 0.3 is 6.18 Å². The zero-order valence-corrected chi connectivity index (χ0v) is 14.7. The van der Waals surface area contributed by atoms with Crippen LogP contribution in [0.25, 0.3) is 21.5 Å². The lowest BCUT2D eigenvalue weighted by Crippen LogP contribution is -2.08. The lowest BCUT2D eigenvalue weighted by molar-refractivity contribution is -0.382. The van der Waals surface area contributed by atoms with Crippen LogP contribution in [0.5, 0.6) is 0 Å². The smallest absolute Gasteiger partial charge is 0.397 e. The molecule has 3 aromatic rings. The van der Waals surface area contributed by atoms with E-state index in [1.807, 2.05) is 0 Å². The summed E-state index contributed by atoms with van der Waals surface area (Å²) in [5, 5.41) is -0.0472. The molecule has 25 heavy (non-hydrogen) atoms. The predicted octanol–water partition coefficient (Wildman–Crippen LogP) is 3.51. The van der Waals surface area contributed by atoms with Gasteiger partial charge in [-0.3, -0.25) is 0 Å². The van der Waals surface area contributed by atoms with Crippen LogP contribution in [0.4, 0.5) is 18.9 Å². The number of thiophene rings is 1. The van der Waals surface area contributed by atoms with E-state index in [0.29, 0.717) is 22.1 Å². The highest BCUT2D eigenvalue weighted by atomic mass is 32.2. The van der Waals surface area contributed by atoms with Crippen LogP contribution in [0.1, 0.15) is 5.56 Å². The first kappa shape index (κ1) is 17.9. The number of aromatic amines is 1. The van der Waals surface area contributed by atoms with Crippen molar-refractivity contribution in [2.24, 2.45) is 0 Å². The molecule has 0 aromatic carbocycles. The van der Waals surface area contributed by atoms with E-state index in [-0.39, 0.29) is 21.6 Å². The van der Waals surface area contributed by atoms with E-state index in [1.54, 1.807) is 13.3 Å². The Bertz CT molecular complexity index is 884. The van der Waals surface area contributed by atoms with Crippen LogP contribution in [0.15, 0.2) is 29.0 Å². The number of aromatic nitrogens is 3. The number of nitrogens with one attached hydrogen (secondary N) is 1. The van der Waals surface area contributed by atoms with Gasteiger partial charge in [0.05, 0.1) is 33.3 Å². The van der Waals surface area contributed by atoms with Crippen molar-refractivity contribution < 1.29 is 22.9 Å². The number of nitrogen functional groups attached to an aromatic ring is 1. The molecule has 3 rings (SSSR count). The van der Waals surface area contributed by atoms with Gasteiger partial charge in [0.1, 0.15) is 11.0 Å². The summed E-state index contributed by atoms with van der Waals surface area (Å²) in [7, 11) is 1.56. The number of pyridine rings is 1. The van der Waals surface area contributed by atoms with Crippen LogP contribution < -0.4 is 10.7 Å². The number of thioether (sulfide) groups is 1. The number of H-pyrrole nitrogens is 1. The predicted molar refractivity (Wildman–Crippen MR) is 91.4 cm³/mol. The fraction of sp³-hybridized carbons (Fsp3) is 0.267. The van der Waals surface area contributed by atoms with E-state index in [0.717, 1.165) is 17.4 Å². The summed E-state index contributed by atoms with van der Waals surface area (Å²) in [6.45, 7) is 0.481. The zero-order chi connectivity index (χ0) is 18.0. The standard InChI is InChI=1S/C15H13F3N4OS2/c1-23-2-3-24-14-12(19)11-9(15(16,17)18)4-10(22-13(11)25-14)8-5-20-7-21-6-8/h4-7H,2-3,19H2,1H3/p+1. The minimum atomic E-state index is -4.54. The molecule has 0 aliphatic heterocycles. The first-order chi connectivity index (χ1) is 11.9. The Kier molecular flexibility index (Phi) is 5.11. The maximum Gasteiger partial charge on any atom is 0.417 e. The highest BCUT2D eigenvalue weighted by Crippen LogP contribution is 2.46. The molecule has 0 fully saturated rings. The van der Waals surface area contributed by atoms with E-state index in [9.17, 15) is 13.2 Å². The summed E-state index contributed by atoms with van der Waals surface area (Å²) >= 11 is 2.52. The van der Waals surface area contributed by atoms with E-state index < -0.39 is 11.7 Å². The quantitative estimate of drug-likeness (QED) is 0.536. The molecule has 5 nitrogen and oxygen atoms in total. The van der Waals surface area contributed by atoms with Gasteiger partial charge in [0, 0.05) is 18.2 Å². The average molecular weight is 387 g/mol. The molecule has 132 valence electrons. The fourth-order valence-corrected chi connectivity index (χ4v) is 4.53. The second kappa shape index (κ2) is 7.14. The molecule has 3 heterocycles. The molecule has 10 heteroatoms. The van der Waals surface area contributed by atoms with Gasteiger partial charge in [-0.25, -0.2) is 9.97 Å². The van der Waals surface area contributed by atoms with Crippen LogP contribution in [0, 0.1) is 0 Å². The summed E-state index contributed by atoms with van der Waals surface area (Å²) in [5.41, 5.74) is 5.99. The minimum absolute atomic E-state index is 0.0472. The number of fused-ring (bicyclic) bond motifs is 1. The van der Waals surface area contributed by atoms with E-state index in [2.05, 4.69) is 15.0 Å². The number of alkyl halides is 3. The fourth-order valence-electron chi connectivity index (χ4n) is 2.26. The van der Waals surface area contributed by atoms with Crippen molar-refractivity contribution in [2.75, 3.05) is 25.2 Å². The molecule has 0 atom stereocenters. The number of methoxy groups -OCH3 is 1. The van der Waals surface area contributed by atoms with Gasteiger partial charge < -0.3 is 10.5 Å². The third kappa shape index (κ3) is 3.70. The minimum Gasteiger partial charge on any atom is -0.397 e. The first-order valence-corrected chi connectivity index (χ1v) is 8.95. The molecular weight excluding hydrogens is 373 g/mol. The first-order valence-electron chi connectivity index (χ1n) is 7.15. The summed E-state index contributed by atoms with van der Waals surface area (Å²) < 4.78 is 46.3. The number of anilines is 1. The highest BCUT2D eigenvalue weighted by Gasteiger charge is 2.35. The SMILES string of the molecule is COCCSc1sc2nc(-c3cnc[nH+]c3)cc(C(F)(F)F)c2c1N. The van der Waals surface area contributed by atoms with Crippen molar-refractivity contribution in [3.8, 4) is 11.3 Å². The molecule has 0 radical (unpaired) electrons. The molecule has 0 saturated carbocycles. The van der Waals surface area contributed by atoms with Gasteiger partial charge in [-0.15, -0.1) is 23.1 Å². The Morgan fingerprint density at radius 2 is 2.20 bits per heavy atom. The molecule has 0 amide bonds. The number of rotatable bonds is 5. The zero-order valence-electron chi connectivity index (χ0n) is 13.1. The van der Waals surface area contributed by atoms with Crippen molar-refractivity contribution >= 4 is 39.0 Å². The van der Waals surface area contributed by atoms with Crippen molar-refractivity contribution in [2.45, 2.75) is 10.4 Å². The van der Waals surface area contributed by atoms with E-state index >= 15 is 0 Å². The molecule has 0 aliphatic rings. The third-order valence-electron chi connectivity index (χ3n) is 3.39. The molecule has 3 aromatic heterocycles. The van der Waals surface area contributed by atoms with Crippen LogP contribution in [-0.2, 0) is 10.9 Å². The Balaban J connectivity index is 2.17. The highest BCUT2D eigenvalue weighted by molar-refractivity contribution is 8.01. The second-order valence-corrected chi connectivity index (χ2v) is 7.41. The van der Waals surface area contributed by atoms with Crippen molar-refractivity contribution in [3.63, 3.8) is 0 Å². The summed E-state index contributed by atoms with van der Waals surface area (Å²) in [6, 6.07) is 1.01. The molecule has 0 aliphatic carbocycles. The number of nitrogens with two attached hydrogens (primary N) is 1. The van der Waals surface area contributed by atoms with Crippen LogP contribution in [0.3, 0.4) is 0 Å². The maximum atomic E-state index is 13.6. The maximum absolute atomic E-state index is 13.6. The number of hydrogen-bond donors (Lipinski definition) is 1. The van der Waals surface area contributed by atoms with Crippen LogP contribution >= 0.6 is 23.1 Å². The Labute approximate surface area is 149 Å². The van der Waals surface area contributed by atoms with Crippen molar-refractivity contribution in [1.29, 1.82) is 0 Å². The summed E-state index contributed by atoms with van der Waals surface area (Å²) in [4.78, 5) is 11.3. The molecule has 0 spiro atoms. The van der Waals surface area contributed by atoms with Gasteiger partial charge in [-0.1, -0.05) is 4.98 Å². The topological polar surface area (TPSA) is 75.2 Å². The number of ether oxygens (including phenoxy) is 1. The Hall–Kier alpha value is -1.91. The van der Waals surface area contributed by atoms with Crippen molar-refractivity contribution in [3.05, 3.63) is 30.4 Å². The van der Waals surface area contributed by atoms with Gasteiger partial charge in [-0.05, 0) is 6.07 Å². The van der Waals surface area contributed by atoms with Crippen LogP contribution in [-0.4, -0.2) is 29.4 Å². The number of nitrogens with zero attached hydrogens (tertiary/aromatic N) is 2. The molecule has 3 N–H and O–H groups in total. The van der Waals surface area contributed by atoms with Crippen molar-refractivity contribution in [1.82, 2.24) is 9.97 Å². The molecular formula is C15H14F3N4OS2+. The van der Waals surface area contributed by atoms with Crippen LogP contribution in [0.2, 0.25) is 0 Å². The molecule has 0 unspecified atom stereocenters. The number of halogens is 3. The largest absolute Gasteiger partial charge is 0.417 e. The normalized spacial score (nSPS) is 12.0. The van der Waals surface area contributed by atoms with Gasteiger partial charge in [-0.2, -0.15) is 13.2 Å². The Morgan fingerprint density at radius 3 is 2.84 bits per heavy atom. The molecule has 0 saturated heterocycles. The van der Waals surface area contributed by atoms with Gasteiger partial charge in [0.15, 0.2) is 6.20 Å². The lowest BCUT2D eigenvalue weighted by Gasteiger charge is -2.10. The third-order valence-corrected chi connectivity index (χ3v) is 5.74. The monoisotopic (exact) mass is 387 g/mol. The van der Waals surface area contributed by atoms with E-state index in [1.165, 1.54) is 24.3 Å². The van der Waals surface area contributed by atoms with Gasteiger partial charge in [0.25, 0.3) is 6.33 Å². The summed E-state index contributed by atoms with van der Waals surface area (Å²) in [6.07, 6.45) is -0.103. The lowest BCUT2D eigenvalue weighted by atomic mass is 10.1. The Morgan fingerprint density at radius 1 is 1.40 bits per heavy atom. The number of hydrogen-bond acceptors (Lipinski definition) is 6. The van der Waals surface area contributed by atoms with Gasteiger partial charge in [0.2, 0.25) is 0 Å². The second-order valence-electron chi connectivity index (χ2n) is 5.05. The average Bonchev–Trinajstić information content (AvgIpc) is 2.90. The molecule has 0 bridgehead atoms. The van der Waals surface area contributed by atoms with E-state index in [4.69, 9.17) is 10.5 Å².